The van der Waals surface area contributed by atoms with Gasteiger partial charge in [0.1, 0.15) is 6.04 Å². The number of piperidine rings is 1. The van der Waals surface area contributed by atoms with Crippen LogP contribution in [0.1, 0.15) is 55.1 Å². The van der Waals surface area contributed by atoms with Gasteiger partial charge in [-0.25, -0.2) is 4.98 Å². The van der Waals surface area contributed by atoms with Crippen LogP contribution < -0.4 is 5.32 Å². The Morgan fingerprint density at radius 2 is 2.09 bits per heavy atom. The van der Waals surface area contributed by atoms with Crippen LogP contribution in [0.5, 0.6) is 0 Å². The number of hydrogen-bond donors (Lipinski definition) is 1. The van der Waals surface area contributed by atoms with Crippen LogP contribution >= 0.6 is 11.3 Å². The van der Waals surface area contributed by atoms with Crippen molar-refractivity contribution in [3.63, 3.8) is 0 Å². The summed E-state index contributed by atoms with van der Waals surface area (Å²) in [4.78, 5) is 32.1. The first kappa shape index (κ1) is 17.9. The maximum atomic E-state index is 12.7. The van der Waals surface area contributed by atoms with Gasteiger partial charge in [-0.1, -0.05) is 13.8 Å². The van der Waals surface area contributed by atoms with Gasteiger partial charge in [-0.3, -0.25) is 9.59 Å². The van der Waals surface area contributed by atoms with E-state index in [1.807, 2.05) is 13.8 Å². The first-order valence-electron chi connectivity index (χ1n) is 8.38. The molecular weight excluding hydrogens is 310 g/mol. The van der Waals surface area contributed by atoms with Crippen molar-refractivity contribution in [2.75, 3.05) is 6.54 Å². The highest BCUT2D eigenvalue weighted by Gasteiger charge is 2.31. The van der Waals surface area contributed by atoms with Crippen molar-refractivity contribution >= 4 is 23.2 Å². The van der Waals surface area contributed by atoms with Gasteiger partial charge in [-0.05, 0) is 39.0 Å². The summed E-state index contributed by atoms with van der Waals surface area (Å²) < 4.78 is 0. The van der Waals surface area contributed by atoms with Crippen LogP contribution in [0.25, 0.3) is 0 Å². The fourth-order valence-electron chi connectivity index (χ4n) is 3.00. The number of nitrogens with one attached hydrogen (secondary N) is 1. The van der Waals surface area contributed by atoms with Crippen molar-refractivity contribution in [2.45, 2.75) is 66.0 Å². The summed E-state index contributed by atoms with van der Waals surface area (Å²) >= 11 is 1.61. The van der Waals surface area contributed by atoms with E-state index < -0.39 is 0 Å². The Hall–Kier alpha value is -1.43. The summed E-state index contributed by atoms with van der Waals surface area (Å²) in [7, 11) is 0. The predicted molar refractivity (Wildman–Crippen MR) is 92.2 cm³/mol. The van der Waals surface area contributed by atoms with Gasteiger partial charge < -0.3 is 10.2 Å². The normalized spacial score (nSPS) is 16.7. The van der Waals surface area contributed by atoms with Crippen LogP contribution in [0.15, 0.2) is 0 Å². The molecule has 0 saturated carbocycles. The number of aromatic nitrogens is 1. The molecule has 0 spiro atoms. The molecule has 1 aromatic heterocycles. The number of nitrogens with zero attached hydrogens (tertiary/aromatic N) is 2. The maximum absolute atomic E-state index is 12.7. The Morgan fingerprint density at radius 3 is 2.65 bits per heavy atom. The van der Waals surface area contributed by atoms with Gasteiger partial charge in [0.2, 0.25) is 11.8 Å². The molecule has 1 N–H and O–H groups in total. The Balaban J connectivity index is 2.04. The molecule has 0 radical (unpaired) electrons. The quantitative estimate of drug-likeness (QED) is 0.868. The summed E-state index contributed by atoms with van der Waals surface area (Å²) in [6, 6.07) is -0.350. The second kappa shape index (κ2) is 7.90. The van der Waals surface area contributed by atoms with E-state index in [1.54, 1.807) is 16.2 Å². The van der Waals surface area contributed by atoms with E-state index in [1.165, 1.54) is 0 Å². The summed E-state index contributed by atoms with van der Waals surface area (Å²) in [6.07, 6.45) is 3.19. The smallest absolute Gasteiger partial charge is 0.243 e. The zero-order valence-corrected chi connectivity index (χ0v) is 15.3. The number of thiazole rings is 1. The summed E-state index contributed by atoms with van der Waals surface area (Å²) in [6.45, 7) is 9.30. The van der Waals surface area contributed by atoms with E-state index in [0.717, 1.165) is 28.4 Å². The summed E-state index contributed by atoms with van der Waals surface area (Å²) in [5.74, 6) is 0.439. The van der Waals surface area contributed by atoms with Crippen LogP contribution in [0.3, 0.4) is 0 Å². The van der Waals surface area contributed by atoms with Gasteiger partial charge in [0, 0.05) is 17.8 Å². The molecule has 0 unspecified atom stereocenters. The molecule has 5 nitrogen and oxygen atoms in total. The second-order valence-electron chi connectivity index (χ2n) is 6.65. The average molecular weight is 337 g/mol. The maximum Gasteiger partial charge on any atom is 0.243 e. The van der Waals surface area contributed by atoms with Gasteiger partial charge in [-0.15, -0.1) is 11.3 Å². The molecule has 0 aromatic carbocycles. The van der Waals surface area contributed by atoms with Crippen molar-refractivity contribution in [1.29, 1.82) is 0 Å². The van der Waals surface area contributed by atoms with Crippen molar-refractivity contribution < 1.29 is 9.59 Å². The first-order valence-corrected chi connectivity index (χ1v) is 9.20. The zero-order valence-electron chi connectivity index (χ0n) is 14.5. The molecule has 0 bridgehead atoms. The van der Waals surface area contributed by atoms with Gasteiger partial charge in [0.05, 0.1) is 17.2 Å². The SMILES string of the molecule is Cc1nc(C)c(CNC(=O)[C@@H](CC(C)C)N2CCCCC2=O)s1. The average Bonchev–Trinajstić information content (AvgIpc) is 2.81. The molecule has 1 saturated heterocycles. The molecule has 2 heterocycles. The zero-order chi connectivity index (χ0) is 17.0. The molecule has 6 heteroatoms. The van der Waals surface area contributed by atoms with Crippen LogP contribution in [0, 0.1) is 19.8 Å². The molecular formula is C17H27N3O2S. The first-order chi connectivity index (χ1) is 10.9. The molecule has 1 atom stereocenters. The highest BCUT2D eigenvalue weighted by molar-refractivity contribution is 7.11. The van der Waals surface area contributed by atoms with Crippen molar-refractivity contribution in [2.24, 2.45) is 5.92 Å². The topological polar surface area (TPSA) is 62.3 Å². The van der Waals surface area contributed by atoms with Gasteiger partial charge in [0.25, 0.3) is 0 Å². The monoisotopic (exact) mass is 337 g/mol. The Labute approximate surface area is 142 Å². The molecule has 1 aliphatic rings. The minimum atomic E-state index is -0.350. The van der Waals surface area contributed by atoms with E-state index in [2.05, 4.69) is 24.1 Å². The van der Waals surface area contributed by atoms with Crippen LogP contribution in [0.4, 0.5) is 0 Å². The van der Waals surface area contributed by atoms with E-state index in [9.17, 15) is 9.59 Å². The third-order valence-corrected chi connectivity index (χ3v) is 5.23. The fraction of sp³-hybridized carbons (Fsp3) is 0.706. The number of likely N-dealkylation sites (tertiary alicyclic amines) is 1. The predicted octanol–water partition coefficient (Wildman–Crippen LogP) is 2.80. The second-order valence-corrected chi connectivity index (χ2v) is 7.94. The third-order valence-electron chi connectivity index (χ3n) is 4.16. The number of aryl methyl sites for hydroxylation is 2. The lowest BCUT2D eigenvalue weighted by atomic mass is 9.98. The lowest BCUT2D eigenvalue weighted by Crippen LogP contribution is -2.51. The van der Waals surface area contributed by atoms with Crippen molar-refractivity contribution in [3.8, 4) is 0 Å². The van der Waals surface area contributed by atoms with E-state index in [4.69, 9.17) is 0 Å². The molecule has 1 aliphatic heterocycles. The minimum absolute atomic E-state index is 0.0422. The Kier molecular flexibility index (Phi) is 6.16. The minimum Gasteiger partial charge on any atom is -0.349 e. The van der Waals surface area contributed by atoms with Gasteiger partial charge in [-0.2, -0.15) is 0 Å². The van der Waals surface area contributed by atoms with Crippen molar-refractivity contribution in [1.82, 2.24) is 15.2 Å². The number of amides is 2. The standard InChI is InChI=1S/C17H27N3O2S/c1-11(2)9-14(20-8-6-5-7-16(20)21)17(22)18-10-15-12(3)19-13(4)23-15/h11,14H,5-10H2,1-4H3,(H,18,22)/t14-/m1/s1. The third kappa shape index (κ3) is 4.77. The lowest BCUT2D eigenvalue weighted by molar-refractivity contribution is -0.143. The summed E-state index contributed by atoms with van der Waals surface area (Å²) in [5.41, 5.74) is 0.974. The van der Waals surface area contributed by atoms with E-state index in [0.29, 0.717) is 31.8 Å². The van der Waals surface area contributed by atoms with Crippen LogP contribution in [0.2, 0.25) is 0 Å². The fourth-order valence-corrected chi connectivity index (χ4v) is 3.88. The van der Waals surface area contributed by atoms with E-state index in [-0.39, 0.29) is 17.9 Å². The van der Waals surface area contributed by atoms with Crippen LogP contribution in [-0.2, 0) is 16.1 Å². The molecule has 128 valence electrons. The number of carbonyl (C=O) groups is 2. The molecule has 1 aromatic rings. The number of carbonyl (C=O) groups excluding carboxylic acids is 2. The number of rotatable bonds is 6. The Bertz CT molecular complexity index is 568. The highest BCUT2D eigenvalue weighted by Crippen LogP contribution is 2.20. The largest absolute Gasteiger partial charge is 0.349 e. The number of hydrogen-bond acceptors (Lipinski definition) is 4. The van der Waals surface area contributed by atoms with Gasteiger partial charge >= 0.3 is 0 Å². The van der Waals surface area contributed by atoms with E-state index >= 15 is 0 Å². The van der Waals surface area contributed by atoms with Gasteiger partial charge in [0.15, 0.2) is 0 Å². The molecule has 2 amide bonds. The Morgan fingerprint density at radius 1 is 1.35 bits per heavy atom. The lowest BCUT2D eigenvalue weighted by Gasteiger charge is -2.34. The molecule has 0 aliphatic carbocycles. The highest BCUT2D eigenvalue weighted by atomic mass is 32.1. The molecule has 1 fully saturated rings. The van der Waals surface area contributed by atoms with Crippen molar-refractivity contribution in [3.05, 3.63) is 15.6 Å². The molecule has 23 heavy (non-hydrogen) atoms. The summed E-state index contributed by atoms with van der Waals surface area (Å²) in [5, 5.41) is 4.02. The molecule has 2 rings (SSSR count). The van der Waals surface area contributed by atoms with Crippen LogP contribution in [-0.4, -0.2) is 34.3 Å².